The van der Waals surface area contributed by atoms with Gasteiger partial charge in [-0.2, -0.15) is 5.26 Å². The van der Waals surface area contributed by atoms with Crippen LogP contribution in [0.3, 0.4) is 0 Å². The van der Waals surface area contributed by atoms with Crippen molar-refractivity contribution < 1.29 is 0 Å². The minimum Gasteiger partial charge on any atom is -0.306 e. The molecule has 1 aromatic carbocycles. The van der Waals surface area contributed by atoms with E-state index < -0.39 is 0 Å². The molecular weight excluding hydrogens is 256 g/mol. The van der Waals surface area contributed by atoms with Crippen molar-refractivity contribution in [2.75, 3.05) is 0 Å². The maximum atomic E-state index is 9.30. The highest BCUT2D eigenvalue weighted by atomic mass is 35.5. The van der Waals surface area contributed by atoms with E-state index in [1.807, 2.05) is 12.1 Å². The van der Waals surface area contributed by atoms with E-state index in [0.717, 1.165) is 17.9 Å². The standard InChI is InChI=1S/C16H21ClN2/c1-12(13-7-9-15(17)10-8-13)19-16-6-4-2-3-5-14(16)11-18/h7-10,12,14,16,19H,2-6H2,1H3/t12-,14?,16?/m1/s1. The number of nitrogens with zero attached hydrogens (tertiary/aromatic N) is 1. The molecule has 0 radical (unpaired) electrons. The molecule has 102 valence electrons. The Morgan fingerprint density at radius 1 is 1.21 bits per heavy atom. The summed E-state index contributed by atoms with van der Waals surface area (Å²) in [6, 6.07) is 11.0. The van der Waals surface area contributed by atoms with Crippen molar-refractivity contribution in [3.63, 3.8) is 0 Å². The molecule has 2 rings (SSSR count). The molecule has 1 fully saturated rings. The summed E-state index contributed by atoms with van der Waals surface area (Å²) < 4.78 is 0. The summed E-state index contributed by atoms with van der Waals surface area (Å²) in [5.74, 6) is 0.150. The Morgan fingerprint density at radius 2 is 1.89 bits per heavy atom. The summed E-state index contributed by atoms with van der Waals surface area (Å²) in [7, 11) is 0. The maximum Gasteiger partial charge on any atom is 0.0672 e. The van der Waals surface area contributed by atoms with Crippen LogP contribution in [-0.4, -0.2) is 6.04 Å². The first-order chi connectivity index (χ1) is 9.20. The molecule has 0 heterocycles. The van der Waals surface area contributed by atoms with Crippen molar-refractivity contribution in [2.24, 2.45) is 5.92 Å². The summed E-state index contributed by atoms with van der Waals surface area (Å²) in [5.41, 5.74) is 1.23. The molecule has 1 aliphatic rings. The highest BCUT2D eigenvalue weighted by molar-refractivity contribution is 6.30. The topological polar surface area (TPSA) is 35.8 Å². The Bertz CT molecular complexity index is 435. The fourth-order valence-corrected chi connectivity index (χ4v) is 2.96. The van der Waals surface area contributed by atoms with Gasteiger partial charge in [0.2, 0.25) is 0 Å². The fourth-order valence-electron chi connectivity index (χ4n) is 2.83. The van der Waals surface area contributed by atoms with Crippen LogP contribution in [0.2, 0.25) is 5.02 Å². The fraction of sp³-hybridized carbons (Fsp3) is 0.562. The normalized spacial score (nSPS) is 25.3. The molecule has 19 heavy (non-hydrogen) atoms. The minimum atomic E-state index is 0.150. The van der Waals surface area contributed by atoms with Gasteiger partial charge in [0.05, 0.1) is 12.0 Å². The summed E-state index contributed by atoms with van der Waals surface area (Å²) in [4.78, 5) is 0. The molecule has 0 amide bonds. The quantitative estimate of drug-likeness (QED) is 0.827. The number of halogens is 1. The highest BCUT2D eigenvalue weighted by Gasteiger charge is 2.24. The summed E-state index contributed by atoms with van der Waals surface area (Å²) in [6.07, 6.45) is 5.80. The van der Waals surface area contributed by atoms with E-state index in [1.54, 1.807) is 0 Å². The Kier molecular flexibility index (Phi) is 5.24. The Hall–Kier alpha value is -1.04. The average molecular weight is 277 g/mol. The van der Waals surface area contributed by atoms with E-state index in [0.29, 0.717) is 6.04 Å². The number of hydrogen-bond donors (Lipinski definition) is 1. The molecule has 1 saturated carbocycles. The lowest BCUT2D eigenvalue weighted by molar-refractivity contribution is 0.361. The molecule has 0 aliphatic heterocycles. The lowest BCUT2D eigenvalue weighted by Gasteiger charge is -2.25. The third-order valence-corrected chi connectivity index (χ3v) is 4.27. The van der Waals surface area contributed by atoms with Crippen LogP contribution in [-0.2, 0) is 0 Å². The molecule has 1 aliphatic carbocycles. The zero-order chi connectivity index (χ0) is 13.7. The lowest BCUT2D eigenvalue weighted by Crippen LogP contribution is -2.36. The van der Waals surface area contributed by atoms with Crippen LogP contribution in [0.5, 0.6) is 0 Å². The number of nitriles is 1. The zero-order valence-electron chi connectivity index (χ0n) is 11.4. The van der Waals surface area contributed by atoms with Gasteiger partial charge in [0.1, 0.15) is 0 Å². The van der Waals surface area contributed by atoms with Gasteiger partial charge in [-0.05, 0) is 37.5 Å². The first-order valence-corrected chi connectivity index (χ1v) is 7.49. The van der Waals surface area contributed by atoms with Gasteiger partial charge in [-0.25, -0.2) is 0 Å². The summed E-state index contributed by atoms with van der Waals surface area (Å²) in [5, 5.41) is 13.7. The molecule has 1 aromatic rings. The van der Waals surface area contributed by atoms with Crippen molar-refractivity contribution >= 4 is 11.6 Å². The monoisotopic (exact) mass is 276 g/mol. The van der Waals surface area contributed by atoms with Gasteiger partial charge >= 0.3 is 0 Å². The number of hydrogen-bond acceptors (Lipinski definition) is 2. The van der Waals surface area contributed by atoms with Crippen molar-refractivity contribution in [1.82, 2.24) is 5.32 Å². The SMILES string of the molecule is C[C@@H](NC1CCCCCC1C#N)c1ccc(Cl)cc1. The molecule has 0 saturated heterocycles. The second-order valence-corrected chi connectivity index (χ2v) is 5.86. The Morgan fingerprint density at radius 3 is 2.58 bits per heavy atom. The van der Waals surface area contributed by atoms with Crippen LogP contribution in [0.15, 0.2) is 24.3 Å². The average Bonchev–Trinajstić information content (AvgIpc) is 2.64. The van der Waals surface area contributed by atoms with Gasteiger partial charge in [-0.1, -0.05) is 43.0 Å². The van der Waals surface area contributed by atoms with E-state index in [9.17, 15) is 5.26 Å². The molecule has 0 spiro atoms. The smallest absolute Gasteiger partial charge is 0.0672 e. The third-order valence-electron chi connectivity index (χ3n) is 4.02. The van der Waals surface area contributed by atoms with Crippen LogP contribution < -0.4 is 5.32 Å². The summed E-state index contributed by atoms with van der Waals surface area (Å²) >= 11 is 5.91. The van der Waals surface area contributed by atoms with Crippen LogP contribution in [0.1, 0.15) is 50.6 Å². The van der Waals surface area contributed by atoms with E-state index >= 15 is 0 Å². The molecule has 2 unspecified atom stereocenters. The predicted octanol–water partition coefficient (Wildman–Crippen LogP) is 4.46. The number of benzene rings is 1. The van der Waals surface area contributed by atoms with Crippen molar-refractivity contribution in [2.45, 2.75) is 51.1 Å². The van der Waals surface area contributed by atoms with E-state index in [1.165, 1.54) is 24.8 Å². The summed E-state index contributed by atoms with van der Waals surface area (Å²) in [6.45, 7) is 2.16. The van der Waals surface area contributed by atoms with E-state index in [4.69, 9.17) is 11.6 Å². The van der Waals surface area contributed by atoms with Crippen LogP contribution in [0.25, 0.3) is 0 Å². The van der Waals surface area contributed by atoms with Gasteiger partial charge in [0.25, 0.3) is 0 Å². The first-order valence-electron chi connectivity index (χ1n) is 7.12. The van der Waals surface area contributed by atoms with Gasteiger partial charge in [-0.15, -0.1) is 0 Å². The molecule has 0 bridgehead atoms. The zero-order valence-corrected chi connectivity index (χ0v) is 12.2. The van der Waals surface area contributed by atoms with Crippen LogP contribution in [0, 0.1) is 17.2 Å². The molecule has 0 aromatic heterocycles. The second kappa shape index (κ2) is 6.93. The van der Waals surface area contributed by atoms with Crippen molar-refractivity contribution in [3.05, 3.63) is 34.9 Å². The van der Waals surface area contributed by atoms with Crippen molar-refractivity contribution in [1.29, 1.82) is 5.26 Å². The number of nitrogens with one attached hydrogen (secondary N) is 1. The number of rotatable bonds is 3. The maximum absolute atomic E-state index is 9.30. The highest BCUT2D eigenvalue weighted by Crippen LogP contribution is 2.25. The van der Waals surface area contributed by atoms with Gasteiger partial charge < -0.3 is 5.32 Å². The molecule has 1 N–H and O–H groups in total. The predicted molar refractivity (Wildman–Crippen MR) is 79.0 cm³/mol. The van der Waals surface area contributed by atoms with Crippen molar-refractivity contribution in [3.8, 4) is 6.07 Å². The third kappa shape index (κ3) is 3.96. The van der Waals surface area contributed by atoms with Gasteiger partial charge in [-0.3, -0.25) is 0 Å². The van der Waals surface area contributed by atoms with Crippen LogP contribution >= 0.6 is 11.6 Å². The largest absolute Gasteiger partial charge is 0.306 e. The van der Waals surface area contributed by atoms with Gasteiger partial charge in [0, 0.05) is 17.1 Å². The Balaban J connectivity index is 2.02. The minimum absolute atomic E-state index is 0.150. The molecule has 3 atom stereocenters. The second-order valence-electron chi connectivity index (χ2n) is 5.42. The molecular formula is C16H21ClN2. The first kappa shape index (κ1) is 14.4. The molecule has 2 nitrogen and oxygen atoms in total. The van der Waals surface area contributed by atoms with Crippen LogP contribution in [0.4, 0.5) is 0 Å². The molecule has 3 heteroatoms. The van der Waals surface area contributed by atoms with E-state index in [2.05, 4.69) is 30.4 Å². The van der Waals surface area contributed by atoms with Gasteiger partial charge in [0.15, 0.2) is 0 Å². The Labute approximate surface area is 120 Å². The van der Waals surface area contributed by atoms with E-state index in [-0.39, 0.29) is 12.0 Å². The lowest BCUT2D eigenvalue weighted by atomic mass is 9.95.